The van der Waals surface area contributed by atoms with Crippen LogP contribution in [0.25, 0.3) is 0 Å². The van der Waals surface area contributed by atoms with Gasteiger partial charge in [0.2, 0.25) is 0 Å². The maximum Gasteiger partial charge on any atom is 0.165 e. The second kappa shape index (κ2) is 5.82. The van der Waals surface area contributed by atoms with Gasteiger partial charge >= 0.3 is 0 Å². The molecule has 3 N–H and O–H groups in total. The molecular formula is C12H18FNO2. The number of halogens is 1. The Morgan fingerprint density at radius 1 is 1.50 bits per heavy atom. The van der Waals surface area contributed by atoms with Crippen LogP contribution in [0.1, 0.15) is 25.0 Å². The zero-order valence-corrected chi connectivity index (χ0v) is 9.61. The van der Waals surface area contributed by atoms with E-state index >= 15 is 0 Å². The van der Waals surface area contributed by atoms with Crippen LogP contribution >= 0.6 is 0 Å². The summed E-state index contributed by atoms with van der Waals surface area (Å²) in [6.45, 7) is 2.36. The van der Waals surface area contributed by atoms with Crippen LogP contribution in [-0.4, -0.2) is 18.8 Å². The summed E-state index contributed by atoms with van der Waals surface area (Å²) in [5.41, 5.74) is 6.19. The van der Waals surface area contributed by atoms with Gasteiger partial charge in [0.15, 0.2) is 11.6 Å². The van der Waals surface area contributed by atoms with Crippen molar-refractivity contribution in [3.8, 4) is 5.75 Å². The van der Waals surface area contributed by atoms with Gasteiger partial charge in [-0.3, -0.25) is 0 Å². The molecular weight excluding hydrogens is 209 g/mol. The predicted octanol–water partition coefficient (Wildman–Crippen LogP) is 1.85. The number of methoxy groups -OCH3 is 1. The number of aliphatic hydroxyl groups excluding tert-OH is 1. The summed E-state index contributed by atoms with van der Waals surface area (Å²) in [7, 11) is 1.40. The van der Waals surface area contributed by atoms with E-state index in [0.29, 0.717) is 12.1 Å². The highest BCUT2D eigenvalue weighted by Crippen LogP contribution is 2.28. The zero-order valence-electron chi connectivity index (χ0n) is 9.61. The van der Waals surface area contributed by atoms with Crippen LogP contribution in [0.2, 0.25) is 0 Å². The third-order valence-corrected chi connectivity index (χ3v) is 2.79. The summed E-state index contributed by atoms with van der Waals surface area (Å²) in [5, 5.41) is 10.0. The van der Waals surface area contributed by atoms with E-state index in [9.17, 15) is 9.50 Å². The van der Waals surface area contributed by atoms with Crippen LogP contribution in [-0.2, 0) is 0 Å². The fourth-order valence-corrected chi connectivity index (χ4v) is 1.65. The van der Waals surface area contributed by atoms with Crippen LogP contribution in [0.3, 0.4) is 0 Å². The molecule has 1 rings (SSSR count). The second-order valence-corrected chi connectivity index (χ2v) is 3.74. The summed E-state index contributed by atoms with van der Waals surface area (Å²) in [6.07, 6.45) is 0.0988. The molecule has 0 saturated heterocycles. The number of benzene rings is 1. The lowest BCUT2D eigenvalue weighted by molar-refractivity contribution is 0.109. The van der Waals surface area contributed by atoms with E-state index in [1.807, 2.05) is 6.92 Å². The maximum atomic E-state index is 13.2. The minimum atomic E-state index is -0.676. The Labute approximate surface area is 95.0 Å². The van der Waals surface area contributed by atoms with Crippen LogP contribution in [0.15, 0.2) is 18.2 Å². The van der Waals surface area contributed by atoms with Gasteiger partial charge in [-0.05, 0) is 30.7 Å². The minimum absolute atomic E-state index is 0.0184. The van der Waals surface area contributed by atoms with Gasteiger partial charge in [0.1, 0.15) is 0 Å². The van der Waals surface area contributed by atoms with Crippen molar-refractivity contribution in [2.45, 2.75) is 19.4 Å². The Morgan fingerprint density at radius 2 is 2.19 bits per heavy atom. The number of hydrogen-bond donors (Lipinski definition) is 2. The van der Waals surface area contributed by atoms with Crippen molar-refractivity contribution in [1.29, 1.82) is 0 Å². The van der Waals surface area contributed by atoms with Gasteiger partial charge in [0.25, 0.3) is 0 Å². The second-order valence-electron chi connectivity index (χ2n) is 3.74. The van der Waals surface area contributed by atoms with Gasteiger partial charge in [-0.1, -0.05) is 13.0 Å². The zero-order chi connectivity index (χ0) is 12.1. The quantitative estimate of drug-likeness (QED) is 0.807. The third-order valence-electron chi connectivity index (χ3n) is 2.79. The molecule has 0 bridgehead atoms. The van der Waals surface area contributed by atoms with Gasteiger partial charge in [0.05, 0.1) is 13.2 Å². The van der Waals surface area contributed by atoms with Gasteiger partial charge in [-0.25, -0.2) is 4.39 Å². The molecule has 0 aromatic heterocycles. The van der Waals surface area contributed by atoms with E-state index in [1.54, 1.807) is 6.07 Å². The fourth-order valence-electron chi connectivity index (χ4n) is 1.65. The molecule has 0 aliphatic carbocycles. The van der Waals surface area contributed by atoms with E-state index in [4.69, 9.17) is 10.5 Å². The molecule has 2 unspecified atom stereocenters. The number of ether oxygens (including phenoxy) is 1. The van der Waals surface area contributed by atoms with Crippen molar-refractivity contribution in [2.75, 3.05) is 13.7 Å². The van der Waals surface area contributed by atoms with Crippen LogP contribution in [0.4, 0.5) is 4.39 Å². The average Bonchev–Trinajstić information content (AvgIpc) is 2.31. The first-order chi connectivity index (χ1) is 7.63. The van der Waals surface area contributed by atoms with E-state index < -0.39 is 11.9 Å². The number of aliphatic hydroxyl groups is 1. The summed E-state index contributed by atoms with van der Waals surface area (Å²) < 4.78 is 18.0. The van der Waals surface area contributed by atoms with E-state index in [0.717, 1.165) is 6.42 Å². The lowest BCUT2D eigenvalue weighted by Gasteiger charge is -2.20. The molecule has 0 spiro atoms. The molecule has 90 valence electrons. The molecule has 4 heteroatoms. The van der Waals surface area contributed by atoms with Crippen molar-refractivity contribution in [3.63, 3.8) is 0 Å². The minimum Gasteiger partial charge on any atom is -0.494 e. The molecule has 3 nitrogen and oxygen atoms in total. The summed E-state index contributed by atoms with van der Waals surface area (Å²) in [5.74, 6) is -0.308. The molecule has 0 heterocycles. The highest BCUT2D eigenvalue weighted by molar-refractivity contribution is 5.31. The van der Waals surface area contributed by atoms with Crippen molar-refractivity contribution in [1.82, 2.24) is 0 Å². The summed E-state index contributed by atoms with van der Waals surface area (Å²) >= 11 is 0. The van der Waals surface area contributed by atoms with Crippen molar-refractivity contribution in [2.24, 2.45) is 11.7 Å². The molecule has 0 amide bonds. The first-order valence-electron chi connectivity index (χ1n) is 5.35. The molecule has 0 radical (unpaired) electrons. The predicted molar refractivity (Wildman–Crippen MR) is 60.7 cm³/mol. The smallest absolute Gasteiger partial charge is 0.165 e. The SMILES string of the molecule is CCC(CN)C(O)c1ccc(F)c(OC)c1. The molecule has 1 aromatic carbocycles. The van der Waals surface area contributed by atoms with Crippen molar-refractivity contribution in [3.05, 3.63) is 29.6 Å². The molecule has 0 aliphatic rings. The molecule has 1 aromatic rings. The summed E-state index contributed by atoms with van der Waals surface area (Å²) in [4.78, 5) is 0. The lowest BCUT2D eigenvalue weighted by atomic mass is 9.93. The Bertz CT molecular complexity index is 340. The molecule has 2 atom stereocenters. The Morgan fingerprint density at radius 3 is 2.69 bits per heavy atom. The Kier molecular flexibility index (Phi) is 4.71. The molecule has 0 fully saturated rings. The van der Waals surface area contributed by atoms with Gasteiger partial charge in [-0.15, -0.1) is 0 Å². The fraction of sp³-hybridized carbons (Fsp3) is 0.500. The third kappa shape index (κ3) is 2.71. The lowest BCUT2D eigenvalue weighted by Crippen LogP contribution is -2.21. The Balaban J connectivity index is 2.95. The molecule has 0 aliphatic heterocycles. The highest BCUT2D eigenvalue weighted by atomic mass is 19.1. The highest BCUT2D eigenvalue weighted by Gasteiger charge is 2.19. The monoisotopic (exact) mass is 227 g/mol. The van der Waals surface area contributed by atoms with Crippen LogP contribution in [0, 0.1) is 11.7 Å². The molecule has 0 saturated carbocycles. The van der Waals surface area contributed by atoms with E-state index in [2.05, 4.69) is 0 Å². The van der Waals surface area contributed by atoms with Crippen molar-refractivity contribution >= 4 is 0 Å². The first-order valence-corrected chi connectivity index (χ1v) is 5.35. The number of nitrogens with two attached hydrogens (primary N) is 1. The number of hydrogen-bond acceptors (Lipinski definition) is 3. The topological polar surface area (TPSA) is 55.5 Å². The van der Waals surface area contributed by atoms with Gasteiger partial charge in [0, 0.05) is 5.92 Å². The Hall–Kier alpha value is -1.13. The van der Waals surface area contributed by atoms with Crippen LogP contribution < -0.4 is 10.5 Å². The average molecular weight is 227 g/mol. The number of rotatable bonds is 5. The van der Waals surface area contributed by atoms with E-state index in [-0.39, 0.29) is 11.7 Å². The molecule has 16 heavy (non-hydrogen) atoms. The van der Waals surface area contributed by atoms with Crippen LogP contribution in [0.5, 0.6) is 5.75 Å². The van der Waals surface area contributed by atoms with Gasteiger partial charge in [-0.2, -0.15) is 0 Å². The normalized spacial score (nSPS) is 14.6. The largest absolute Gasteiger partial charge is 0.494 e. The van der Waals surface area contributed by atoms with E-state index in [1.165, 1.54) is 19.2 Å². The van der Waals surface area contributed by atoms with Crippen molar-refractivity contribution < 1.29 is 14.2 Å². The standard InChI is InChI=1S/C12H18FNO2/c1-3-8(7-14)12(15)9-4-5-10(13)11(6-9)16-2/h4-6,8,12,15H,3,7,14H2,1-2H3. The first kappa shape index (κ1) is 12.9. The van der Waals surface area contributed by atoms with Gasteiger partial charge < -0.3 is 15.6 Å². The summed E-state index contributed by atoms with van der Waals surface area (Å²) in [6, 6.07) is 4.36. The maximum absolute atomic E-state index is 13.2.